The summed E-state index contributed by atoms with van der Waals surface area (Å²) in [6.45, 7) is 3.09. The van der Waals surface area contributed by atoms with E-state index in [0.717, 1.165) is 31.7 Å². The molecule has 0 radical (unpaired) electrons. The maximum atomic E-state index is 12.4. The number of nitrogens with two attached hydrogens (primary N) is 1. The van der Waals surface area contributed by atoms with Crippen LogP contribution in [-0.2, 0) is 4.79 Å². The number of hydrogen-bond acceptors (Lipinski definition) is 2. The van der Waals surface area contributed by atoms with Crippen LogP contribution in [0.5, 0.6) is 0 Å². The van der Waals surface area contributed by atoms with Crippen LogP contribution in [0, 0.1) is 5.92 Å². The Balaban J connectivity index is 1.91. The minimum Gasteiger partial charge on any atom is -0.338 e. The number of carbonyl (C=O) groups excluding carboxylic acids is 1. The monoisotopic (exact) mass is 252 g/mol. The highest BCUT2D eigenvalue weighted by molar-refractivity contribution is 5.82. The van der Waals surface area contributed by atoms with Gasteiger partial charge in [0.05, 0.1) is 6.04 Å². The number of amides is 1. The van der Waals surface area contributed by atoms with Crippen molar-refractivity contribution in [2.24, 2.45) is 11.7 Å². The summed E-state index contributed by atoms with van der Waals surface area (Å²) in [6, 6.07) is 0.250. The van der Waals surface area contributed by atoms with E-state index in [4.69, 9.17) is 5.73 Å². The van der Waals surface area contributed by atoms with Gasteiger partial charge in [-0.25, -0.2) is 0 Å². The molecular formula is C15H28N2O. The van der Waals surface area contributed by atoms with Gasteiger partial charge >= 0.3 is 0 Å². The van der Waals surface area contributed by atoms with Crippen molar-refractivity contribution in [3.8, 4) is 0 Å². The van der Waals surface area contributed by atoms with Gasteiger partial charge in [0.25, 0.3) is 0 Å². The Labute approximate surface area is 111 Å². The van der Waals surface area contributed by atoms with Crippen molar-refractivity contribution in [1.82, 2.24) is 4.90 Å². The molecule has 2 aliphatic rings. The fourth-order valence-electron chi connectivity index (χ4n) is 3.66. The highest BCUT2D eigenvalue weighted by Gasteiger charge is 2.37. The molecule has 2 N–H and O–H groups in total. The molecule has 1 aliphatic heterocycles. The second kappa shape index (κ2) is 6.55. The van der Waals surface area contributed by atoms with E-state index >= 15 is 0 Å². The fraction of sp³-hybridized carbons (Fsp3) is 0.933. The van der Waals surface area contributed by atoms with Crippen LogP contribution >= 0.6 is 0 Å². The first-order valence-corrected chi connectivity index (χ1v) is 7.80. The van der Waals surface area contributed by atoms with Gasteiger partial charge in [0, 0.05) is 12.6 Å². The predicted octanol–water partition coefficient (Wildman–Crippen LogP) is 2.69. The van der Waals surface area contributed by atoms with E-state index in [1.54, 1.807) is 0 Å². The van der Waals surface area contributed by atoms with E-state index in [1.165, 1.54) is 38.5 Å². The van der Waals surface area contributed by atoms with Crippen LogP contribution in [-0.4, -0.2) is 29.4 Å². The highest BCUT2D eigenvalue weighted by atomic mass is 16.2. The molecule has 0 aromatic carbocycles. The fourth-order valence-corrected chi connectivity index (χ4v) is 3.66. The number of hydrogen-bond donors (Lipinski definition) is 1. The summed E-state index contributed by atoms with van der Waals surface area (Å²) in [5, 5.41) is 0. The predicted molar refractivity (Wildman–Crippen MR) is 74.2 cm³/mol. The normalized spacial score (nSPS) is 26.8. The van der Waals surface area contributed by atoms with Gasteiger partial charge in [-0.15, -0.1) is 0 Å². The first kappa shape index (κ1) is 13.9. The molecule has 0 bridgehead atoms. The average Bonchev–Trinajstić information content (AvgIpc) is 3.03. The van der Waals surface area contributed by atoms with Crippen LogP contribution in [0.4, 0.5) is 0 Å². The van der Waals surface area contributed by atoms with Gasteiger partial charge in [-0.2, -0.15) is 0 Å². The van der Waals surface area contributed by atoms with E-state index in [2.05, 4.69) is 11.8 Å². The molecule has 1 amide bonds. The smallest absolute Gasteiger partial charge is 0.239 e. The zero-order valence-corrected chi connectivity index (χ0v) is 11.7. The number of likely N-dealkylation sites (tertiary alicyclic amines) is 1. The van der Waals surface area contributed by atoms with Crippen LogP contribution in [0.3, 0.4) is 0 Å². The molecule has 1 aliphatic carbocycles. The molecule has 1 heterocycles. The van der Waals surface area contributed by atoms with Crippen LogP contribution < -0.4 is 5.73 Å². The van der Waals surface area contributed by atoms with Crippen molar-refractivity contribution >= 4 is 5.91 Å². The number of nitrogens with zero attached hydrogens (tertiary/aromatic N) is 1. The molecule has 104 valence electrons. The summed E-state index contributed by atoms with van der Waals surface area (Å²) in [6.07, 6.45) is 10.8. The van der Waals surface area contributed by atoms with Gasteiger partial charge < -0.3 is 10.6 Å². The molecule has 0 aromatic heterocycles. The van der Waals surface area contributed by atoms with E-state index in [0.29, 0.717) is 6.04 Å². The SMILES string of the molecule is CCCCC(N)C(=O)N1CCCC1C1CCCC1. The maximum Gasteiger partial charge on any atom is 0.239 e. The van der Waals surface area contributed by atoms with Crippen molar-refractivity contribution in [3.63, 3.8) is 0 Å². The molecule has 2 fully saturated rings. The molecule has 2 rings (SSSR count). The molecule has 2 unspecified atom stereocenters. The highest BCUT2D eigenvalue weighted by Crippen LogP contribution is 2.35. The number of rotatable bonds is 5. The molecule has 0 aromatic rings. The topological polar surface area (TPSA) is 46.3 Å². The second-order valence-corrected chi connectivity index (χ2v) is 6.03. The Morgan fingerprint density at radius 3 is 2.67 bits per heavy atom. The Kier molecular flexibility index (Phi) is 5.04. The van der Waals surface area contributed by atoms with Gasteiger partial charge in [-0.3, -0.25) is 4.79 Å². The largest absolute Gasteiger partial charge is 0.338 e. The van der Waals surface area contributed by atoms with Crippen LogP contribution in [0.15, 0.2) is 0 Å². The molecule has 18 heavy (non-hydrogen) atoms. The molecule has 3 heteroatoms. The van der Waals surface area contributed by atoms with Crippen molar-refractivity contribution in [2.75, 3.05) is 6.54 Å². The summed E-state index contributed by atoms with van der Waals surface area (Å²) in [7, 11) is 0. The zero-order chi connectivity index (χ0) is 13.0. The minimum atomic E-state index is -0.257. The third kappa shape index (κ3) is 3.05. The lowest BCUT2D eigenvalue weighted by atomic mass is 9.95. The quantitative estimate of drug-likeness (QED) is 0.817. The first-order chi connectivity index (χ1) is 8.74. The third-order valence-corrected chi connectivity index (χ3v) is 4.71. The number of carbonyl (C=O) groups is 1. The van der Waals surface area contributed by atoms with Gasteiger partial charge in [0.15, 0.2) is 0 Å². The summed E-state index contributed by atoms with van der Waals surface area (Å²) in [4.78, 5) is 14.5. The third-order valence-electron chi connectivity index (χ3n) is 4.71. The van der Waals surface area contributed by atoms with E-state index in [9.17, 15) is 4.79 Å². The van der Waals surface area contributed by atoms with Crippen molar-refractivity contribution in [3.05, 3.63) is 0 Å². The summed E-state index contributed by atoms with van der Waals surface area (Å²) < 4.78 is 0. The van der Waals surface area contributed by atoms with Crippen LogP contribution in [0.2, 0.25) is 0 Å². The van der Waals surface area contributed by atoms with Crippen molar-refractivity contribution in [2.45, 2.75) is 76.8 Å². The maximum absolute atomic E-state index is 12.4. The average molecular weight is 252 g/mol. The Bertz CT molecular complexity index is 274. The molecule has 2 atom stereocenters. The summed E-state index contributed by atoms with van der Waals surface area (Å²) in [5.41, 5.74) is 6.05. The first-order valence-electron chi connectivity index (χ1n) is 7.80. The summed E-state index contributed by atoms with van der Waals surface area (Å²) in [5.74, 6) is 0.979. The van der Waals surface area contributed by atoms with Gasteiger partial charge in [0.2, 0.25) is 5.91 Å². The zero-order valence-electron chi connectivity index (χ0n) is 11.7. The Hall–Kier alpha value is -0.570. The lowest BCUT2D eigenvalue weighted by molar-refractivity contribution is -0.134. The van der Waals surface area contributed by atoms with Crippen LogP contribution in [0.25, 0.3) is 0 Å². The Morgan fingerprint density at radius 1 is 1.28 bits per heavy atom. The Morgan fingerprint density at radius 2 is 2.00 bits per heavy atom. The molecule has 1 saturated carbocycles. The van der Waals surface area contributed by atoms with Gasteiger partial charge in [0.1, 0.15) is 0 Å². The van der Waals surface area contributed by atoms with Gasteiger partial charge in [-0.1, -0.05) is 32.6 Å². The second-order valence-electron chi connectivity index (χ2n) is 6.03. The molecule has 0 spiro atoms. The lowest BCUT2D eigenvalue weighted by Gasteiger charge is -2.31. The van der Waals surface area contributed by atoms with E-state index < -0.39 is 0 Å². The van der Waals surface area contributed by atoms with E-state index in [-0.39, 0.29) is 11.9 Å². The standard InChI is InChI=1S/C15H28N2O/c1-2-3-9-13(16)15(18)17-11-6-10-14(17)12-7-4-5-8-12/h12-14H,2-11,16H2,1H3. The van der Waals surface area contributed by atoms with Gasteiger partial charge in [-0.05, 0) is 38.0 Å². The van der Waals surface area contributed by atoms with Crippen molar-refractivity contribution < 1.29 is 4.79 Å². The van der Waals surface area contributed by atoms with Crippen molar-refractivity contribution in [1.29, 1.82) is 0 Å². The van der Waals surface area contributed by atoms with Crippen LogP contribution in [0.1, 0.15) is 64.7 Å². The lowest BCUT2D eigenvalue weighted by Crippen LogP contribution is -2.47. The molecule has 1 saturated heterocycles. The number of unbranched alkanes of at least 4 members (excludes halogenated alkanes) is 1. The minimum absolute atomic E-state index is 0.220. The molecule has 3 nitrogen and oxygen atoms in total. The molecular weight excluding hydrogens is 224 g/mol. The van der Waals surface area contributed by atoms with E-state index in [1.807, 2.05) is 0 Å². The summed E-state index contributed by atoms with van der Waals surface area (Å²) >= 11 is 0.